The van der Waals surface area contributed by atoms with Crippen molar-refractivity contribution in [2.24, 2.45) is 16.9 Å². The molecule has 3 aromatic rings. The summed E-state index contributed by atoms with van der Waals surface area (Å²) in [4.78, 5) is 32.6. The zero-order chi connectivity index (χ0) is 24.7. The highest BCUT2D eigenvalue weighted by Gasteiger charge is 2.47. The molecule has 12 heteroatoms. The van der Waals surface area contributed by atoms with Gasteiger partial charge < -0.3 is 26.8 Å². The van der Waals surface area contributed by atoms with Crippen molar-refractivity contribution in [2.45, 2.75) is 35.2 Å². The third kappa shape index (κ3) is 4.24. The van der Waals surface area contributed by atoms with Crippen molar-refractivity contribution in [3.8, 4) is 5.88 Å². The number of carbonyl (C=O) groups excluding carboxylic acids is 1. The van der Waals surface area contributed by atoms with Gasteiger partial charge in [0.05, 0.1) is 18.3 Å². The number of nitrogens with two attached hydrogens (primary N) is 3. The molecule has 1 amide bonds. The lowest BCUT2D eigenvalue weighted by molar-refractivity contribution is 0.0994. The number of pyridine rings is 2. The molecule has 10 nitrogen and oxygen atoms in total. The monoisotopic (exact) mass is 512 g/mol. The minimum atomic E-state index is -0.642. The number of nitrogen functional groups attached to an aromatic ring is 1. The molecular weight excluding hydrogens is 488 g/mol. The number of amides is 1. The summed E-state index contributed by atoms with van der Waals surface area (Å²) in [6.07, 6.45) is 5.62. The molecule has 2 aliphatic rings. The lowest BCUT2D eigenvalue weighted by Gasteiger charge is -2.42. The van der Waals surface area contributed by atoms with Gasteiger partial charge in [-0.05, 0) is 36.3 Å². The summed E-state index contributed by atoms with van der Waals surface area (Å²) in [6, 6.07) is 5.49. The molecule has 1 saturated heterocycles. The molecule has 0 unspecified atom stereocenters. The lowest BCUT2D eigenvalue weighted by Crippen LogP contribution is -2.45. The molecule has 0 saturated carbocycles. The number of aromatic nitrogens is 4. The van der Waals surface area contributed by atoms with E-state index in [1.807, 2.05) is 17.0 Å². The van der Waals surface area contributed by atoms with Crippen molar-refractivity contribution >= 4 is 40.9 Å². The molecule has 4 heterocycles. The second-order valence-electron chi connectivity index (χ2n) is 8.75. The number of halogens is 1. The minimum Gasteiger partial charge on any atom is -0.481 e. The number of primary amides is 1. The molecule has 0 bridgehead atoms. The lowest BCUT2D eigenvalue weighted by atomic mass is 9.73. The van der Waals surface area contributed by atoms with Crippen LogP contribution < -0.4 is 26.8 Å². The van der Waals surface area contributed by atoms with Gasteiger partial charge in [0.2, 0.25) is 5.88 Å². The van der Waals surface area contributed by atoms with Crippen LogP contribution in [0.5, 0.6) is 5.88 Å². The SMILES string of the molecule is COc1ccc2c(n1)CC1(CCN(c3ncc(Sc4ccnc(N)c4Cl)nc3C(N)=O)CC1)[C@@H]2N. The third-order valence-corrected chi connectivity index (χ3v) is 8.30. The zero-order valence-electron chi connectivity index (χ0n) is 19.1. The van der Waals surface area contributed by atoms with Gasteiger partial charge in [0, 0.05) is 42.0 Å². The van der Waals surface area contributed by atoms with Gasteiger partial charge >= 0.3 is 0 Å². The van der Waals surface area contributed by atoms with E-state index in [9.17, 15) is 4.79 Å². The summed E-state index contributed by atoms with van der Waals surface area (Å²) in [7, 11) is 1.61. The van der Waals surface area contributed by atoms with E-state index in [4.69, 9.17) is 33.5 Å². The first-order valence-corrected chi connectivity index (χ1v) is 12.3. The number of hydrogen-bond acceptors (Lipinski definition) is 10. The Labute approximate surface area is 211 Å². The van der Waals surface area contributed by atoms with Crippen LogP contribution in [0.1, 0.15) is 40.6 Å². The Balaban J connectivity index is 1.35. The van der Waals surface area contributed by atoms with Crippen molar-refractivity contribution < 1.29 is 9.53 Å². The maximum atomic E-state index is 12.3. The molecule has 1 atom stereocenters. The van der Waals surface area contributed by atoms with Crippen LogP contribution in [0.25, 0.3) is 0 Å². The Hall–Kier alpha value is -3.15. The maximum absolute atomic E-state index is 12.3. The van der Waals surface area contributed by atoms with Crippen molar-refractivity contribution in [2.75, 3.05) is 30.8 Å². The second-order valence-corrected chi connectivity index (χ2v) is 10.2. The highest BCUT2D eigenvalue weighted by Crippen LogP contribution is 2.51. The Morgan fingerprint density at radius 1 is 1.23 bits per heavy atom. The Morgan fingerprint density at radius 2 is 2.00 bits per heavy atom. The number of carbonyl (C=O) groups is 1. The first-order chi connectivity index (χ1) is 16.8. The van der Waals surface area contributed by atoms with Crippen molar-refractivity contribution in [1.82, 2.24) is 19.9 Å². The van der Waals surface area contributed by atoms with E-state index in [-0.39, 0.29) is 23.0 Å². The summed E-state index contributed by atoms with van der Waals surface area (Å²) in [5.41, 5.74) is 20.3. The van der Waals surface area contributed by atoms with E-state index in [0.29, 0.717) is 39.7 Å². The fourth-order valence-electron chi connectivity index (χ4n) is 4.90. The van der Waals surface area contributed by atoms with Crippen LogP contribution in [0.4, 0.5) is 11.6 Å². The van der Waals surface area contributed by atoms with Crippen LogP contribution >= 0.6 is 23.4 Å². The molecule has 0 aromatic carbocycles. The van der Waals surface area contributed by atoms with Gasteiger partial charge in [0.25, 0.3) is 5.91 Å². The molecule has 3 aromatic heterocycles. The van der Waals surface area contributed by atoms with E-state index in [2.05, 4.69) is 19.9 Å². The molecule has 1 aliphatic carbocycles. The van der Waals surface area contributed by atoms with Crippen LogP contribution in [0.15, 0.2) is 40.5 Å². The van der Waals surface area contributed by atoms with E-state index in [1.165, 1.54) is 11.8 Å². The van der Waals surface area contributed by atoms with Crippen LogP contribution in [-0.2, 0) is 6.42 Å². The molecule has 1 fully saturated rings. The molecule has 5 rings (SSSR count). The Morgan fingerprint density at radius 3 is 2.71 bits per heavy atom. The van der Waals surface area contributed by atoms with Gasteiger partial charge in [0.15, 0.2) is 11.5 Å². The van der Waals surface area contributed by atoms with Crippen molar-refractivity contribution in [3.63, 3.8) is 0 Å². The number of fused-ring (bicyclic) bond motifs is 1. The topological polar surface area (TPSA) is 159 Å². The summed E-state index contributed by atoms with van der Waals surface area (Å²) >= 11 is 7.48. The number of hydrogen-bond donors (Lipinski definition) is 3. The van der Waals surface area contributed by atoms with Crippen LogP contribution in [0.3, 0.4) is 0 Å². The predicted molar refractivity (Wildman–Crippen MR) is 134 cm³/mol. The highest BCUT2D eigenvalue weighted by molar-refractivity contribution is 7.99. The Bertz CT molecular complexity index is 1300. The highest BCUT2D eigenvalue weighted by atomic mass is 35.5. The number of nitrogens with zero attached hydrogens (tertiary/aromatic N) is 5. The molecule has 1 spiro atoms. The average Bonchev–Trinajstić information content (AvgIpc) is 3.12. The largest absolute Gasteiger partial charge is 0.481 e. The molecular formula is C23H25ClN8O2S. The van der Waals surface area contributed by atoms with E-state index in [1.54, 1.807) is 25.6 Å². The fraction of sp³-hybridized carbons (Fsp3) is 0.348. The molecule has 1 aliphatic heterocycles. The van der Waals surface area contributed by atoms with E-state index in [0.717, 1.165) is 30.5 Å². The predicted octanol–water partition coefficient (Wildman–Crippen LogP) is 2.60. The standard InChI is InChI=1S/C23H25ClN8O2S/c1-34-15-3-2-12-13(30-15)10-23(19(12)25)5-8-32(9-6-23)22-18(21(27)33)31-16(11-29-22)35-14-4-7-28-20(26)17(14)24/h2-4,7,11,19H,5-6,8-10,25H2,1H3,(H2,26,28)(H2,27,33)/t19-/m1/s1. The number of methoxy groups -OCH3 is 1. The van der Waals surface area contributed by atoms with Crippen LogP contribution in [0, 0.1) is 5.41 Å². The van der Waals surface area contributed by atoms with Crippen LogP contribution in [0.2, 0.25) is 5.02 Å². The zero-order valence-corrected chi connectivity index (χ0v) is 20.6. The quantitative estimate of drug-likeness (QED) is 0.463. The smallest absolute Gasteiger partial charge is 0.271 e. The normalized spacial score (nSPS) is 18.5. The number of ether oxygens (including phenoxy) is 1. The molecule has 6 N–H and O–H groups in total. The van der Waals surface area contributed by atoms with Crippen molar-refractivity contribution in [3.05, 3.63) is 52.6 Å². The summed E-state index contributed by atoms with van der Waals surface area (Å²) in [5.74, 6) is 0.651. The fourth-order valence-corrected chi connectivity index (χ4v) is 5.92. The van der Waals surface area contributed by atoms with Gasteiger partial charge in [-0.25, -0.2) is 19.9 Å². The third-order valence-electron chi connectivity index (χ3n) is 6.83. The summed E-state index contributed by atoms with van der Waals surface area (Å²) in [6.45, 7) is 1.35. The summed E-state index contributed by atoms with van der Waals surface area (Å²) < 4.78 is 5.28. The van der Waals surface area contributed by atoms with Gasteiger partial charge in [-0.2, -0.15) is 0 Å². The second kappa shape index (κ2) is 9.14. The summed E-state index contributed by atoms with van der Waals surface area (Å²) in [5, 5.41) is 0.808. The van der Waals surface area contributed by atoms with E-state index < -0.39 is 5.91 Å². The Kier molecular flexibility index (Phi) is 6.16. The van der Waals surface area contributed by atoms with Gasteiger partial charge in [-0.15, -0.1) is 0 Å². The average molecular weight is 513 g/mol. The van der Waals surface area contributed by atoms with Gasteiger partial charge in [-0.1, -0.05) is 29.4 Å². The van der Waals surface area contributed by atoms with Crippen molar-refractivity contribution in [1.29, 1.82) is 0 Å². The number of anilines is 2. The van der Waals surface area contributed by atoms with Gasteiger partial charge in [0.1, 0.15) is 10.8 Å². The first-order valence-electron chi connectivity index (χ1n) is 11.1. The minimum absolute atomic E-state index is 0.0909. The van der Waals surface area contributed by atoms with Gasteiger partial charge in [-0.3, -0.25) is 4.79 Å². The van der Waals surface area contributed by atoms with Crippen LogP contribution in [-0.4, -0.2) is 46.0 Å². The number of piperidine rings is 1. The molecule has 0 radical (unpaired) electrons. The van der Waals surface area contributed by atoms with E-state index >= 15 is 0 Å². The first kappa shape index (κ1) is 23.6. The maximum Gasteiger partial charge on any atom is 0.271 e. The molecule has 35 heavy (non-hydrogen) atoms. The molecule has 182 valence electrons. The number of rotatable bonds is 5.